The second-order valence-corrected chi connectivity index (χ2v) is 4.57. The van der Waals surface area contributed by atoms with Gasteiger partial charge in [0, 0.05) is 19.6 Å². The Kier molecular flexibility index (Phi) is 4.57. The van der Waals surface area contributed by atoms with Crippen molar-refractivity contribution in [3.8, 4) is 0 Å². The van der Waals surface area contributed by atoms with Crippen LogP contribution in [0.1, 0.15) is 6.92 Å². The van der Waals surface area contributed by atoms with Crippen LogP contribution in [0, 0.1) is 0 Å². The molecule has 1 fully saturated rings. The van der Waals surface area contributed by atoms with E-state index in [1.165, 1.54) is 6.20 Å². The van der Waals surface area contributed by atoms with Crippen LogP contribution in [0.5, 0.6) is 0 Å². The van der Waals surface area contributed by atoms with E-state index in [2.05, 4.69) is 27.3 Å². The summed E-state index contributed by atoms with van der Waals surface area (Å²) < 4.78 is 5.65. The number of nitrogens with one attached hydrogen (secondary N) is 2. The van der Waals surface area contributed by atoms with Crippen LogP contribution < -0.4 is 10.9 Å². The third kappa shape index (κ3) is 3.22. The third-order valence-electron chi connectivity index (χ3n) is 2.99. The molecule has 2 N–H and O–H groups in total. The second kappa shape index (κ2) is 6.17. The first kappa shape index (κ1) is 13.3. The SMILES string of the molecule is CCN1CCOC(CNc2cn[nH]c(=O)c2Cl)C1. The van der Waals surface area contributed by atoms with E-state index in [1.54, 1.807) is 0 Å². The summed E-state index contributed by atoms with van der Waals surface area (Å²) in [4.78, 5) is 13.6. The van der Waals surface area contributed by atoms with E-state index in [0.717, 1.165) is 26.2 Å². The van der Waals surface area contributed by atoms with E-state index in [9.17, 15) is 4.79 Å². The molecule has 1 aromatic heterocycles. The van der Waals surface area contributed by atoms with Gasteiger partial charge in [-0.15, -0.1) is 0 Å². The maximum absolute atomic E-state index is 11.3. The Morgan fingerprint density at radius 3 is 3.33 bits per heavy atom. The minimum absolute atomic E-state index is 0.106. The average Bonchev–Trinajstić information content (AvgIpc) is 2.41. The Balaban J connectivity index is 1.91. The predicted octanol–water partition coefficient (Wildman–Crippen LogP) is 0.556. The molecule has 0 bridgehead atoms. The van der Waals surface area contributed by atoms with Gasteiger partial charge in [-0.2, -0.15) is 5.10 Å². The first-order valence-electron chi connectivity index (χ1n) is 6.01. The monoisotopic (exact) mass is 272 g/mol. The fourth-order valence-corrected chi connectivity index (χ4v) is 2.08. The average molecular weight is 273 g/mol. The highest BCUT2D eigenvalue weighted by Crippen LogP contribution is 2.15. The van der Waals surface area contributed by atoms with Gasteiger partial charge in [0.2, 0.25) is 0 Å². The van der Waals surface area contributed by atoms with E-state index in [0.29, 0.717) is 12.2 Å². The van der Waals surface area contributed by atoms with Crippen LogP contribution in [0.4, 0.5) is 5.69 Å². The van der Waals surface area contributed by atoms with Gasteiger partial charge in [-0.3, -0.25) is 9.69 Å². The lowest BCUT2D eigenvalue weighted by Gasteiger charge is -2.32. The van der Waals surface area contributed by atoms with Gasteiger partial charge in [-0.05, 0) is 6.54 Å². The highest BCUT2D eigenvalue weighted by atomic mass is 35.5. The van der Waals surface area contributed by atoms with Gasteiger partial charge in [0.1, 0.15) is 5.02 Å². The summed E-state index contributed by atoms with van der Waals surface area (Å²) in [5, 5.41) is 9.22. The van der Waals surface area contributed by atoms with Gasteiger partial charge in [0.25, 0.3) is 5.56 Å². The van der Waals surface area contributed by atoms with Gasteiger partial charge in [0.15, 0.2) is 0 Å². The second-order valence-electron chi connectivity index (χ2n) is 4.19. The van der Waals surface area contributed by atoms with Crippen LogP contribution in [0.25, 0.3) is 0 Å². The number of anilines is 1. The molecular formula is C11H17ClN4O2. The van der Waals surface area contributed by atoms with Crippen molar-refractivity contribution in [3.05, 3.63) is 21.6 Å². The first-order chi connectivity index (χ1) is 8.70. The molecule has 1 saturated heterocycles. The molecule has 0 spiro atoms. The Morgan fingerprint density at radius 1 is 1.72 bits per heavy atom. The number of aromatic amines is 1. The lowest BCUT2D eigenvalue weighted by Crippen LogP contribution is -2.45. The number of hydrogen-bond acceptors (Lipinski definition) is 5. The zero-order valence-corrected chi connectivity index (χ0v) is 11.0. The summed E-state index contributed by atoms with van der Waals surface area (Å²) in [7, 11) is 0. The van der Waals surface area contributed by atoms with Crippen molar-refractivity contribution in [3.63, 3.8) is 0 Å². The molecule has 1 atom stereocenters. The van der Waals surface area contributed by atoms with Crippen molar-refractivity contribution < 1.29 is 4.74 Å². The van der Waals surface area contributed by atoms with Gasteiger partial charge < -0.3 is 10.1 Å². The quantitative estimate of drug-likeness (QED) is 0.838. The summed E-state index contributed by atoms with van der Waals surface area (Å²) in [5.41, 5.74) is 0.152. The Morgan fingerprint density at radius 2 is 2.56 bits per heavy atom. The molecule has 0 aromatic carbocycles. The number of nitrogens with zero attached hydrogens (tertiary/aromatic N) is 2. The number of ether oxygens (including phenoxy) is 1. The summed E-state index contributed by atoms with van der Waals surface area (Å²) in [5.74, 6) is 0. The molecule has 18 heavy (non-hydrogen) atoms. The van der Waals surface area contributed by atoms with Crippen molar-refractivity contribution in [1.82, 2.24) is 15.1 Å². The lowest BCUT2D eigenvalue weighted by atomic mass is 10.2. The number of rotatable bonds is 4. The molecule has 0 radical (unpaired) electrons. The van der Waals surface area contributed by atoms with Gasteiger partial charge in [-0.25, -0.2) is 5.10 Å². The van der Waals surface area contributed by atoms with Crippen LogP contribution in [-0.2, 0) is 4.74 Å². The molecule has 0 saturated carbocycles. The third-order valence-corrected chi connectivity index (χ3v) is 3.36. The maximum atomic E-state index is 11.3. The van der Waals surface area contributed by atoms with E-state index < -0.39 is 0 Å². The minimum Gasteiger partial charge on any atom is -0.380 e. The van der Waals surface area contributed by atoms with Crippen LogP contribution in [0.15, 0.2) is 11.0 Å². The largest absolute Gasteiger partial charge is 0.380 e. The molecule has 1 aliphatic heterocycles. The molecule has 1 aromatic rings. The summed E-state index contributed by atoms with van der Waals surface area (Å²) >= 11 is 5.87. The first-order valence-corrected chi connectivity index (χ1v) is 6.39. The number of morpholine rings is 1. The molecule has 0 aliphatic carbocycles. The van der Waals surface area contributed by atoms with E-state index in [-0.39, 0.29) is 16.7 Å². The molecular weight excluding hydrogens is 256 g/mol. The summed E-state index contributed by atoms with van der Waals surface area (Å²) in [6.45, 7) is 6.36. The summed E-state index contributed by atoms with van der Waals surface area (Å²) in [6.07, 6.45) is 1.61. The summed E-state index contributed by atoms with van der Waals surface area (Å²) in [6, 6.07) is 0. The van der Waals surface area contributed by atoms with Crippen LogP contribution >= 0.6 is 11.6 Å². The van der Waals surface area contributed by atoms with Crippen molar-refractivity contribution in [1.29, 1.82) is 0 Å². The van der Waals surface area contributed by atoms with Gasteiger partial charge in [0.05, 0.1) is 24.6 Å². The van der Waals surface area contributed by atoms with Gasteiger partial charge >= 0.3 is 0 Å². The maximum Gasteiger partial charge on any atom is 0.285 e. The van der Waals surface area contributed by atoms with Crippen LogP contribution in [-0.4, -0.2) is 54.0 Å². The molecule has 1 unspecified atom stereocenters. The van der Waals surface area contributed by atoms with Gasteiger partial charge in [-0.1, -0.05) is 18.5 Å². The van der Waals surface area contributed by atoms with E-state index in [1.807, 2.05) is 0 Å². The van der Waals surface area contributed by atoms with Crippen LogP contribution in [0.3, 0.4) is 0 Å². The van der Waals surface area contributed by atoms with E-state index in [4.69, 9.17) is 16.3 Å². The number of halogens is 1. The molecule has 100 valence electrons. The Labute approximate surface area is 110 Å². The number of H-pyrrole nitrogens is 1. The number of likely N-dealkylation sites (N-methyl/N-ethyl adjacent to an activating group) is 1. The Hall–Kier alpha value is -1.11. The van der Waals surface area contributed by atoms with Crippen molar-refractivity contribution in [2.24, 2.45) is 0 Å². The fourth-order valence-electron chi connectivity index (χ4n) is 1.92. The van der Waals surface area contributed by atoms with Crippen LogP contribution in [0.2, 0.25) is 5.02 Å². The molecule has 1 aliphatic rings. The zero-order chi connectivity index (χ0) is 13.0. The molecule has 2 heterocycles. The zero-order valence-electron chi connectivity index (χ0n) is 10.3. The highest BCUT2D eigenvalue weighted by molar-refractivity contribution is 6.32. The van der Waals surface area contributed by atoms with E-state index >= 15 is 0 Å². The molecule has 6 nitrogen and oxygen atoms in total. The topological polar surface area (TPSA) is 70.2 Å². The van der Waals surface area contributed by atoms with Crippen molar-refractivity contribution in [2.45, 2.75) is 13.0 Å². The van der Waals surface area contributed by atoms with Crippen molar-refractivity contribution in [2.75, 3.05) is 38.1 Å². The normalized spacial score (nSPS) is 20.9. The predicted molar refractivity (Wildman–Crippen MR) is 70.2 cm³/mol. The molecule has 0 amide bonds. The fraction of sp³-hybridized carbons (Fsp3) is 0.636. The van der Waals surface area contributed by atoms with Crippen molar-refractivity contribution >= 4 is 17.3 Å². The number of hydrogen-bond donors (Lipinski definition) is 2. The standard InChI is InChI=1S/C11H17ClN4O2/c1-2-16-3-4-18-8(7-16)5-13-9-6-14-15-11(17)10(9)12/h6,8H,2-5,7H2,1H3,(H2,13,15,17). The lowest BCUT2D eigenvalue weighted by molar-refractivity contribution is -0.0191. The smallest absolute Gasteiger partial charge is 0.285 e. The minimum atomic E-state index is -0.388. The number of aromatic nitrogens is 2. The molecule has 2 rings (SSSR count). The molecule has 7 heteroatoms. The Bertz CT molecular complexity index is 451. The highest BCUT2D eigenvalue weighted by Gasteiger charge is 2.19.